The number of fused-ring (bicyclic) bond motifs is 3. The Hall–Kier alpha value is -1.12. The lowest BCUT2D eigenvalue weighted by Crippen LogP contribution is -2.52. The van der Waals surface area contributed by atoms with Gasteiger partial charge in [0.25, 0.3) is 0 Å². The molecule has 0 aromatic rings. The third-order valence-electron chi connectivity index (χ3n) is 8.03. The zero-order valence-corrected chi connectivity index (χ0v) is 15.5. The third-order valence-corrected chi connectivity index (χ3v) is 8.03. The summed E-state index contributed by atoms with van der Waals surface area (Å²) < 4.78 is 4.81. The second-order valence-corrected chi connectivity index (χ2v) is 8.80. The SMILES string of the molecule is C=C[C@H]1CC[C@H]2[C@@H]3CCC(=O)[C@](C)(CCC(=O)OC)[C@H]3CC[C@]12C. The fourth-order valence-electron chi connectivity index (χ4n) is 6.49. The van der Waals surface area contributed by atoms with Gasteiger partial charge in [-0.1, -0.05) is 19.9 Å². The summed E-state index contributed by atoms with van der Waals surface area (Å²) in [4.78, 5) is 24.4. The molecule has 6 atom stereocenters. The van der Waals surface area contributed by atoms with Gasteiger partial charge in [0.15, 0.2) is 0 Å². The van der Waals surface area contributed by atoms with Gasteiger partial charge in [-0.2, -0.15) is 0 Å². The summed E-state index contributed by atoms with van der Waals surface area (Å²) in [7, 11) is 1.43. The number of ketones is 1. The quantitative estimate of drug-likeness (QED) is 0.560. The number of hydrogen-bond acceptors (Lipinski definition) is 3. The normalized spacial score (nSPS) is 44.5. The van der Waals surface area contributed by atoms with E-state index in [-0.39, 0.29) is 11.4 Å². The lowest BCUT2D eigenvalue weighted by atomic mass is 9.48. The number of ether oxygens (including phenoxy) is 1. The van der Waals surface area contributed by atoms with Crippen LogP contribution in [0.4, 0.5) is 0 Å². The fourth-order valence-corrected chi connectivity index (χ4v) is 6.49. The maximum atomic E-state index is 12.8. The first kappa shape index (κ1) is 17.7. The van der Waals surface area contributed by atoms with E-state index in [1.807, 2.05) is 0 Å². The Labute approximate surface area is 146 Å². The zero-order chi connectivity index (χ0) is 17.5. The Kier molecular flexibility index (Phi) is 4.65. The van der Waals surface area contributed by atoms with Crippen LogP contribution in [0.1, 0.15) is 65.2 Å². The fraction of sp³-hybridized carbons (Fsp3) is 0.810. The molecule has 0 radical (unpaired) electrons. The molecular weight excluding hydrogens is 300 g/mol. The van der Waals surface area contributed by atoms with Gasteiger partial charge in [0.1, 0.15) is 5.78 Å². The van der Waals surface area contributed by atoms with Crippen LogP contribution in [0.5, 0.6) is 0 Å². The van der Waals surface area contributed by atoms with E-state index in [9.17, 15) is 9.59 Å². The zero-order valence-electron chi connectivity index (χ0n) is 15.5. The lowest BCUT2D eigenvalue weighted by molar-refractivity contribution is -0.149. The molecule has 0 spiro atoms. The second kappa shape index (κ2) is 6.31. The van der Waals surface area contributed by atoms with Crippen molar-refractivity contribution in [3.8, 4) is 0 Å². The highest BCUT2D eigenvalue weighted by Crippen LogP contribution is 2.64. The molecule has 3 nitrogen and oxygen atoms in total. The maximum absolute atomic E-state index is 12.8. The molecule has 24 heavy (non-hydrogen) atoms. The molecular formula is C21H32O3. The summed E-state index contributed by atoms with van der Waals surface area (Å²) >= 11 is 0. The van der Waals surface area contributed by atoms with Gasteiger partial charge in [0.2, 0.25) is 0 Å². The summed E-state index contributed by atoms with van der Waals surface area (Å²) in [6, 6.07) is 0. The molecule has 3 rings (SSSR count). The molecule has 0 unspecified atom stereocenters. The molecule has 134 valence electrons. The van der Waals surface area contributed by atoms with Gasteiger partial charge < -0.3 is 4.74 Å². The van der Waals surface area contributed by atoms with Gasteiger partial charge >= 0.3 is 5.97 Å². The van der Waals surface area contributed by atoms with Gasteiger partial charge in [0, 0.05) is 18.3 Å². The number of carbonyl (C=O) groups is 2. The highest BCUT2D eigenvalue weighted by Gasteiger charge is 2.58. The number of carbonyl (C=O) groups excluding carboxylic acids is 2. The molecule has 3 saturated carbocycles. The topological polar surface area (TPSA) is 43.4 Å². The molecule has 0 aromatic carbocycles. The van der Waals surface area contributed by atoms with Crippen molar-refractivity contribution in [2.24, 2.45) is 34.5 Å². The number of methoxy groups -OCH3 is 1. The van der Waals surface area contributed by atoms with Crippen molar-refractivity contribution in [3.05, 3.63) is 12.7 Å². The summed E-state index contributed by atoms with van der Waals surface area (Å²) in [5.41, 5.74) is 0.0251. The van der Waals surface area contributed by atoms with Crippen molar-refractivity contribution >= 4 is 11.8 Å². The average molecular weight is 332 g/mol. The van der Waals surface area contributed by atoms with Crippen LogP contribution in [0, 0.1) is 34.5 Å². The molecule has 0 N–H and O–H groups in total. The van der Waals surface area contributed by atoms with Crippen molar-refractivity contribution in [3.63, 3.8) is 0 Å². The smallest absolute Gasteiger partial charge is 0.305 e. The first-order valence-corrected chi connectivity index (χ1v) is 9.59. The standard InChI is InChI=1S/C21H32O3/c1-5-14-6-8-16-15-7-9-18(22)21(3,13-11-19(23)24-4)17(15)10-12-20(14,16)2/h5,14-17H,1,6-13H2,2-4H3/t14-,15-,16-,17-,20+,21+/m0/s1. The Morgan fingerprint density at radius 2 is 2.00 bits per heavy atom. The van der Waals surface area contributed by atoms with Crippen LogP contribution in [-0.2, 0) is 14.3 Å². The predicted molar refractivity (Wildman–Crippen MR) is 94.3 cm³/mol. The molecule has 0 bridgehead atoms. The first-order chi connectivity index (χ1) is 11.4. The maximum Gasteiger partial charge on any atom is 0.305 e. The van der Waals surface area contributed by atoms with Crippen LogP contribution < -0.4 is 0 Å². The van der Waals surface area contributed by atoms with Crippen LogP contribution in [0.2, 0.25) is 0 Å². The highest BCUT2D eigenvalue weighted by atomic mass is 16.5. The van der Waals surface area contributed by atoms with Crippen LogP contribution in [0.25, 0.3) is 0 Å². The van der Waals surface area contributed by atoms with Gasteiger partial charge in [0.05, 0.1) is 7.11 Å². The number of hydrogen-bond donors (Lipinski definition) is 0. The van der Waals surface area contributed by atoms with Crippen molar-refractivity contribution < 1.29 is 14.3 Å². The first-order valence-electron chi connectivity index (χ1n) is 9.59. The molecule has 0 saturated heterocycles. The minimum Gasteiger partial charge on any atom is -0.469 e. The molecule has 3 aliphatic carbocycles. The van der Waals surface area contributed by atoms with Crippen LogP contribution in [0.3, 0.4) is 0 Å². The minimum atomic E-state index is -0.343. The average Bonchev–Trinajstić information content (AvgIpc) is 2.92. The van der Waals surface area contributed by atoms with Crippen molar-refractivity contribution in [1.29, 1.82) is 0 Å². The third kappa shape index (κ3) is 2.55. The highest BCUT2D eigenvalue weighted by molar-refractivity contribution is 5.86. The molecule has 3 aliphatic rings. The summed E-state index contributed by atoms with van der Waals surface area (Å²) in [5.74, 6) is 2.58. The van der Waals surface area contributed by atoms with E-state index in [4.69, 9.17) is 4.74 Å². The van der Waals surface area contributed by atoms with E-state index in [0.29, 0.717) is 54.1 Å². The molecule has 0 aliphatic heterocycles. The second-order valence-electron chi connectivity index (χ2n) is 8.80. The van der Waals surface area contributed by atoms with Crippen molar-refractivity contribution in [1.82, 2.24) is 0 Å². The van der Waals surface area contributed by atoms with E-state index in [1.54, 1.807) is 0 Å². The summed E-state index contributed by atoms with van der Waals surface area (Å²) in [6.07, 6.45) is 9.74. The molecule has 3 fully saturated rings. The van der Waals surface area contributed by atoms with Gasteiger partial charge in [-0.05, 0) is 67.6 Å². The predicted octanol–water partition coefficient (Wildman–Crippen LogP) is 4.55. The van der Waals surface area contributed by atoms with Crippen molar-refractivity contribution in [2.75, 3.05) is 7.11 Å². The van der Waals surface area contributed by atoms with Crippen LogP contribution >= 0.6 is 0 Å². The number of allylic oxidation sites excluding steroid dienone is 1. The number of esters is 1. The van der Waals surface area contributed by atoms with E-state index in [2.05, 4.69) is 26.5 Å². The van der Waals surface area contributed by atoms with Gasteiger partial charge in [-0.25, -0.2) is 0 Å². The van der Waals surface area contributed by atoms with Crippen LogP contribution in [0.15, 0.2) is 12.7 Å². The lowest BCUT2D eigenvalue weighted by Gasteiger charge is -2.55. The van der Waals surface area contributed by atoms with E-state index in [0.717, 1.165) is 12.8 Å². The van der Waals surface area contributed by atoms with E-state index >= 15 is 0 Å². The number of rotatable bonds is 4. The van der Waals surface area contributed by atoms with E-state index in [1.165, 1.54) is 26.4 Å². The Morgan fingerprint density at radius 1 is 1.25 bits per heavy atom. The minimum absolute atomic E-state index is 0.195. The Bertz CT molecular complexity index is 539. The van der Waals surface area contributed by atoms with Crippen LogP contribution in [-0.4, -0.2) is 18.9 Å². The number of Topliss-reactive ketones (excluding diaryl/α,β-unsaturated/α-hetero) is 1. The van der Waals surface area contributed by atoms with E-state index < -0.39 is 0 Å². The summed E-state index contributed by atoms with van der Waals surface area (Å²) in [6.45, 7) is 8.65. The van der Waals surface area contributed by atoms with Crippen molar-refractivity contribution in [2.45, 2.75) is 65.2 Å². The largest absolute Gasteiger partial charge is 0.469 e. The molecule has 0 heterocycles. The van der Waals surface area contributed by atoms with Gasteiger partial charge in [-0.15, -0.1) is 6.58 Å². The molecule has 0 amide bonds. The summed E-state index contributed by atoms with van der Waals surface area (Å²) in [5, 5.41) is 0. The Balaban J connectivity index is 1.83. The monoisotopic (exact) mass is 332 g/mol. The Morgan fingerprint density at radius 3 is 2.67 bits per heavy atom. The molecule has 3 heteroatoms. The van der Waals surface area contributed by atoms with Gasteiger partial charge in [-0.3, -0.25) is 9.59 Å². The molecule has 0 aromatic heterocycles.